The third-order valence-corrected chi connectivity index (χ3v) is 16.0. The summed E-state index contributed by atoms with van der Waals surface area (Å²) in [7, 11) is 0. The SMILES string of the molecule is CC(C)CCCC(C)C1CCC2C3CCC4CC(Sc5ccccc5)(Sc5ccccc5)CCC4(C)C3CCC12C. The monoisotopic (exact) mass is 588 g/mol. The van der Waals surface area contributed by atoms with Crippen molar-refractivity contribution in [2.45, 2.75) is 126 Å². The van der Waals surface area contributed by atoms with Crippen LogP contribution in [0.2, 0.25) is 0 Å². The van der Waals surface area contributed by atoms with Crippen molar-refractivity contribution in [2.75, 3.05) is 0 Å². The molecule has 0 bridgehead atoms. The topological polar surface area (TPSA) is 0 Å². The van der Waals surface area contributed by atoms with Crippen LogP contribution >= 0.6 is 23.5 Å². The lowest BCUT2D eigenvalue weighted by atomic mass is 9.44. The van der Waals surface area contributed by atoms with Gasteiger partial charge in [0.1, 0.15) is 0 Å². The summed E-state index contributed by atoms with van der Waals surface area (Å²) in [6.07, 6.45) is 17.4. The predicted octanol–water partition coefficient (Wildman–Crippen LogP) is 12.4. The molecule has 41 heavy (non-hydrogen) atoms. The van der Waals surface area contributed by atoms with Gasteiger partial charge in [0.2, 0.25) is 0 Å². The van der Waals surface area contributed by atoms with Gasteiger partial charge in [0.15, 0.2) is 0 Å². The van der Waals surface area contributed by atoms with Gasteiger partial charge in [-0.25, -0.2) is 0 Å². The fourth-order valence-electron chi connectivity index (χ4n) is 10.8. The lowest BCUT2D eigenvalue weighted by Gasteiger charge is -2.62. The van der Waals surface area contributed by atoms with E-state index >= 15 is 0 Å². The molecule has 0 N–H and O–H groups in total. The first-order chi connectivity index (χ1) is 19.7. The van der Waals surface area contributed by atoms with Crippen molar-refractivity contribution in [2.24, 2.45) is 52.3 Å². The van der Waals surface area contributed by atoms with E-state index in [0.29, 0.717) is 10.8 Å². The molecule has 0 amide bonds. The number of benzene rings is 2. The number of hydrogen-bond donors (Lipinski definition) is 0. The highest BCUT2D eigenvalue weighted by molar-refractivity contribution is 8.18. The highest BCUT2D eigenvalue weighted by Gasteiger charge is 2.62. The van der Waals surface area contributed by atoms with Crippen molar-refractivity contribution < 1.29 is 0 Å². The molecule has 4 fully saturated rings. The summed E-state index contributed by atoms with van der Waals surface area (Å²) in [6.45, 7) is 12.9. The van der Waals surface area contributed by atoms with Gasteiger partial charge in [-0.3, -0.25) is 0 Å². The maximum atomic E-state index is 2.77. The van der Waals surface area contributed by atoms with Crippen LogP contribution in [-0.4, -0.2) is 4.08 Å². The molecule has 8 atom stereocenters. The molecule has 0 aliphatic heterocycles. The zero-order valence-electron chi connectivity index (χ0n) is 26.6. The number of rotatable bonds is 9. The summed E-state index contributed by atoms with van der Waals surface area (Å²) in [6, 6.07) is 22.6. The second kappa shape index (κ2) is 12.3. The Labute approximate surface area is 261 Å². The Morgan fingerprint density at radius 3 is 1.95 bits per heavy atom. The van der Waals surface area contributed by atoms with E-state index < -0.39 is 0 Å². The molecule has 224 valence electrons. The fourth-order valence-corrected chi connectivity index (χ4v) is 14.0. The van der Waals surface area contributed by atoms with Gasteiger partial charge in [0, 0.05) is 9.79 Å². The third kappa shape index (κ3) is 5.96. The van der Waals surface area contributed by atoms with Gasteiger partial charge >= 0.3 is 0 Å². The van der Waals surface area contributed by atoms with Crippen LogP contribution in [0.5, 0.6) is 0 Å². The van der Waals surface area contributed by atoms with Crippen molar-refractivity contribution in [3.05, 3.63) is 60.7 Å². The van der Waals surface area contributed by atoms with Crippen LogP contribution in [0, 0.1) is 52.3 Å². The molecule has 0 heterocycles. The average Bonchev–Trinajstić information content (AvgIpc) is 3.32. The smallest absolute Gasteiger partial charge is 0.0708 e. The third-order valence-electron chi connectivity index (χ3n) is 13.0. The summed E-state index contributed by atoms with van der Waals surface area (Å²) >= 11 is 4.36. The molecule has 2 aromatic rings. The summed E-state index contributed by atoms with van der Waals surface area (Å²) in [5, 5.41) is 0. The molecule has 4 saturated carbocycles. The zero-order valence-corrected chi connectivity index (χ0v) is 28.2. The zero-order chi connectivity index (χ0) is 28.7. The minimum atomic E-state index is 0.243. The van der Waals surface area contributed by atoms with Crippen molar-refractivity contribution in [1.82, 2.24) is 0 Å². The Kier molecular flexibility index (Phi) is 9.03. The van der Waals surface area contributed by atoms with Crippen molar-refractivity contribution in [3.8, 4) is 0 Å². The highest BCUT2D eigenvalue weighted by atomic mass is 32.2. The molecule has 0 aromatic heterocycles. The van der Waals surface area contributed by atoms with Gasteiger partial charge in [-0.15, -0.1) is 23.5 Å². The van der Waals surface area contributed by atoms with E-state index in [2.05, 4.69) is 119 Å². The molecular formula is C39H56S2. The molecule has 0 nitrogen and oxygen atoms in total. The Bertz CT molecular complexity index is 1090. The second-order valence-electron chi connectivity index (χ2n) is 15.6. The van der Waals surface area contributed by atoms with Gasteiger partial charge in [0.25, 0.3) is 0 Å². The average molecular weight is 589 g/mol. The highest BCUT2D eigenvalue weighted by Crippen LogP contribution is 2.71. The predicted molar refractivity (Wildman–Crippen MR) is 180 cm³/mol. The van der Waals surface area contributed by atoms with Crippen LogP contribution in [0.4, 0.5) is 0 Å². The molecule has 2 heteroatoms. The molecule has 4 aliphatic rings. The molecule has 6 rings (SSSR count). The summed E-state index contributed by atoms with van der Waals surface area (Å²) < 4.78 is 0.243. The van der Waals surface area contributed by atoms with Gasteiger partial charge in [-0.1, -0.05) is 90.3 Å². The Hall–Kier alpha value is -0.860. The number of thioether (sulfide) groups is 2. The van der Waals surface area contributed by atoms with Crippen LogP contribution in [0.15, 0.2) is 70.5 Å². The van der Waals surface area contributed by atoms with Crippen LogP contribution in [0.3, 0.4) is 0 Å². The summed E-state index contributed by atoms with van der Waals surface area (Å²) in [5.41, 5.74) is 1.13. The maximum absolute atomic E-state index is 2.77. The van der Waals surface area contributed by atoms with E-state index in [1.807, 2.05) is 0 Å². The van der Waals surface area contributed by atoms with Crippen LogP contribution in [0.1, 0.15) is 112 Å². The van der Waals surface area contributed by atoms with Crippen molar-refractivity contribution in [3.63, 3.8) is 0 Å². The second-order valence-corrected chi connectivity index (χ2v) is 18.8. The lowest BCUT2D eigenvalue weighted by Crippen LogP contribution is -2.55. The van der Waals surface area contributed by atoms with Gasteiger partial charge in [-0.2, -0.15) is 0 Å². The standard InChI is InChI=1S/C39H56S2/c1-28(2)13-12-14-29(3)34-21-22-35-33-20-19-30-27-39(40-31-15-8-6-9-16-31,41-32-17-10-7-11-18-32)26-25-37(30,4)36(33)23-24-38(34,35)5/h6-11,15-18,28-30,33-36H,12-14,19-27H2,1-5H3. The number of hydrogen-bond acceptors (Lipinski definition) is 2. The molecule has 4 aliphatic carbocycles. The normalized spacial score (nSPS) is 36.8. The minimum absolute atomic E-state index is 0.243. The molecule has 2 aromatic carbocycles. The van der Waals surface area contributed by atoms with Crippen LogP contribution in [-0.2, 0) is 0 Å². The van der Waals surface area contributed by atoms with E-state index in [9.17, 15) is 0 Å². The van der Waals surface area contributed by atoms with E-state index in [-0.39, 0.29) is 4.08 Å². The largest absolute Gasteiger partial charge is 0.108 e. The van der Waals surface area contributed by atoms with Gasteiger partial charge in [0.05, 0.1) is 4.08 Å². The van der Waals surface area contributed by atoms with Crippen LogP contribution < -0.4 is 0 Å². The van der Waals surface area contributed by atoms with Crippen molar-refractivity contribution in [1.29, 1.82) is 0 Å². The molecule has 0 spiro atoms. The molecule has 8 unspecified atom stereocenters. The molecular weight excluding hydrogens is 533 g/mol. The van der Waals surface area contributed by atoms with Gasteiger partial charge < -0.3 is 0 Å². The van der Waals surface area contributed by atoms with Gasteiger partial charge in [-0.05, 0) is 134 Å². The summed E-state index contributed by atoms with van der Waals surface area (Å²) in [5.74, 6) is 6.52. The van der Waals surface area contributed by atoms with Crippen molar-refractivity contribution >= 4 is 23.5 Å². The minimum Gasteiger partial charge on any atom is -0.108 e. The lowest BCUT2D eigenvalue weighted by molar-refractivity contribution is -0.114. The Morgan fingerprint density at radius 2 is 1.32 bits per heavy atom. The maximum Gasteiger partial charge on any atom is 0.0708 e. The van der Waals surface area contributed by atoms with E-state index in [0.717, 1.165) is 41.4 Å². The fraction of sp³-hybridized carbons (Fsp3) is 0.692. The van der Waals surface area contributed by atoms with E-state index in [1.54, 1.807) is 0 Å². The molecule has 0 radical (unpaired) electrons. The summed E-state index contributed by atoms with van der Waals surface area (Å²) in [4.78, 5) is 2.89. The Balaban J connectivity index is 1.19. The van der Waals surface area contributed by atoms with E-state index in [1.165, 1.54) is 86.8 Å². The van der Waals surface area contributed by atoms with Crippen LogP contribution in [0.25, 0.3) is 0 Å². The first-order valence-electron chi connectivity index (χ1n) is 17.2. The Morgan fingerprint density at radius 1 is 0.683 bits per heavy atom. The first-order valence-corrected chi connectivity index (χ1v) is 18.8. The van der Waals surface area contributed by atoms with E-state index in [4.69, 9.17) is 0 Å². The number of fused-ring (bicyclic) bond motifs is 5. The quantitative estimate of drug-likeness (QED) is 0.267. The molecule has 0 saturated heterocycles. The first kappa shape index (κ1) is 30.2.